The van der Waals surface area contributed by atoms with Crippen LogP contribution in [0, 0.1) is 5.82 Å². The standard InChI is InChI=1S/C25H27BCl2FN5O2/c1-14-13-33(26-3)7-8-34(14)22-10-20(35-4)17(12-31-22)16-9-21(25(30)32-11-16)36-15(2)23-18(27)5-6-19(29)24(23)28/h5-6,9-12,14-15H,3,7-8,13H2,1-2,4H3,(H2,30,32)/t14?,15-/m1/s1. The van der Waals surface area contributed by atoms with Crippen LogP contribution in [-0.2, 0) is 0 Å². The van der Waals surface area contributed by atoms with Crippen molar-refractivity contribution in [2.75, 3.05) is 37.4 Å². The molecule has 1 aliphatic rings. The summed E-state index contributed by atoms with van der Waals surface area (Å²) in [6.07, 6.45) is 2.69. The van der Waals surface area contributed by atoms with Crippen molar-refractivity contribution < 1.29 is 13.9 Å². The van der Waals surface area contributed by atoms with Gasteiger partial charge in [-0.3, -0.25) is 0 Å². The Hall–Kier alpha value is -3.04. The SMILES string of the molecule is C=BN1CCN(c2cc(OC)c(-c3cnc(N)c(O[C@H](C)c4c(Cl)ccc(F)c4Cl)c3)cn2)C(C)C1. The number of nitrogens with two attached hydrogens (primary N) is 1. The van der Waals surface area contributed by atoms with Gasteiger partial charge in [0.1, 0.15) is 11.9 Å². The first-order valence-electron chi connectivity index (χ1n) is 11.5. The van der Waals surface area contributed by atoms with E-state index in [0.717, 1.165) is 31.0 Å². The summed E-state index contributed by atoms with van der Waals surface area (Å²) < 4.78 is 25.8. The summed E-state index contributed by atoms with van der Waals surface area (Å²) in [7, 11) is 3.48. The fourth-order valence-corrected chi connectivity index (χ4v) is 5.00. The van der Waals surface area contributed by atoms with Crippen LogP contribution in [0.2, 0.25) is 10.0 Å². The molecular weight excluding hydrogens is 503 g/mol. The Morgan fingerprint density at radius 1 is 1.19 bits per heavy atom. The number of nitrogen functional groups attached to an aromatic ring is 1. The number of hydrogen-bond donors (Lipinski definition) is 1. The molecule has 1 fully saturated rings. The van der Waals surface area contributed by atoms with Gasteiger partial charge in [-0.15, -0.1) is 0 Å². The van der Waals surface area contributed by atoms with Crippen LogP contribution in [0.15, 0.2) is 36.7 Å². The van der Waals surface area contributed by atoms with E-state index in [1.54, 1.807) is 32.5 Å². The summed E-state index contributed by atoms with van der Waals surface area (Å²) in [5.74, 6) is 1.36. The minimum absolute atomic E-state index is 0.0951. The van der Waals surface area contributed by atoms with Crippen LogP contribution in [0.5, 0.6) is 11.5 Å². The van der Waals surface area contributed by atoms with Crippen molar-refractivity contribution in [3.8, 4) is 22.6 Å². The normalized spacial score (nSPS) is 16.4. The molecule has 1 aliphatic heterocycles. The Balaban J connectivity index is 1.62. The molecule has 0 saturated carbocycles. The Labute approximate surface area is 220 Å². The molecule has 0 radical (unpaired) electrons. The third-order valence-electron chi connectivity index (χ3n) is 6.27. The van der Waals surface area contributed by atoms with Gasteiger partial charge in [0.2, 0.25) is 0 Å². The zero-order chi connectivity index (χ0) is 26.0. The second-order valence-electron chi connectivity index (χ2n) is 8.59. The average Bonchev–Trinajstić information content (AvgIpc) is 2.87. The maximum absolute atomic E-state index is 14.0. The van der Waals surface area contributed by atoms with Gasteiger partial charge in [-0.1, -0.05) is 23.2 Å². The first kappa shape index (κ1) is 26.0. The molecule has 36 heavy (non-hydrogen) atoms. The number of benzene rings is 1. The first-order chi connectivity index (χ1) is 17.2. The molecule has 0 spiro atoms. The van der Waals surface area contributed by atoms with Crippen molar-refractivity contribution >= 4 is 48.4 Å². The summed E-state index contributed by atoms with van der Waals surface area (Å²) in [5, 5.41) is 0.198. The molecule has 1 aromatic carbocycles. The van der Waals surface area contributed by atoms with Crippen LogP contribution in [0.3, 0.4) is 0 Å². The third kappa shape index (κ3) is 5.22. The number of aromatic nitrogens is 2. The van der Waals surface area contributed by atoms with E-state index in [1.165, 1.54) is 12.1 Å². The number of piperazine rings is 1. The molecule has 2 atom stereocenters. The van der Waals surface area contributed by atoms with Gasteiger partial charge >= 0.3 is 141 Å². The Kier molecular flexibility index (Phi) is 7.90. The first-order valence-corrected chi connectivity index (χ1v) is 12.2. The Morgan fingerprint density at radius 2 is 1.97 bits per heavy atom. The fourth-order valence-electron chi connectivity index (χ4n) is 4.32. The molecule has 1 saturated heterocycles. The third-order valence-corrected chi connectivity index (χ3v) is 6.98. The van der Waals surface area contributed by atoms with Crippen LogP contribution in [-0.4, -0.2) is 61.1 Å². The number of nitrogens with zero attached hydrogens (tertiary/aromatic N) is 4. The predicted octanol–water partition coefficient (Wildman–Crippen LogP) is 4.88. The fraction of sp³-hybridized carbons (Fsp3) is 0.320. The van der Waals surface area contributed by atoms with Gasteiger partial charge in [-0.25, -0.2) is 4.39 Å². The summed E-state index contributed by atoms with van der Waals surface area (Å²) in [6, 6.07) is 6.57. The van der Waals surface area contributed by atoms with E-state index in [-0.39, 0.29) is 16.9 Å². The van der Waals surface area contributed by atoms with E-state index < -0.39 is 11.9 Å². The summed E-state index contributed by atoms with van der Waals surface area (Å²) in [6.45, 7) is 10.3. The Bertz CT molecular complexity index is 1280. The summed E-state index contributed by atoms with van der Waals surface area (Å²) in [4.78, 5) is 13.4. The monoisotopic (exact) mass is 529 g/mol. The van der Waals surface area contributed by atoms with Crippen LogP contribution < -0.4 is 20.1 Å². The van der Waals surface area contributed by atoms with Crippen molar-refractivity contribution in [1.82, 2.24) is 14.8 Å². The zero-order valence-electron chi connectivity index (χ0n) is 20.3. The molecule has 2 aromatic heterocycles. The van der Waals surface area contributed by atoms with Gasteiger partial charge in [-0.2, -0.15) is 0 Å². The van der Waals surface area contributed by atoms with Crippen LogP contribution in [0.1, 0.15) is 25.5 Å². The van der Waals surface area contributed by atoms with Gasteiger partial charge in [0.25, 0.3) is 0 Å². The van der Waals surface area contributed by atoms with Gasteiger partial charge in [0.15, 0.2) is 0 Å². The molecule has 4 rings (SSSR count). The van der Waals surface area contributed by atoms with Crippen LogP contribution >= 0.6 is 23.2 Å². The molecule has 3 heterocycles. The summed E-state index contributed by atoms with van der Waals surface area (Å²) in [5.41, 5.74) is 7.85. The van der Waals surface area contributed by atoms with Gasteiger partial charge in [0.05, 0.1) is 5.02 Å². The second-order valence-corrected chi connectivity index (χ2v) is 9.37. The number of halogens is 3. The van der Waals surface area contributed by atoms with Crippen molar-refractivity contribution in [3.63, 3.8) is 0 Å². The molecule has 0 bridgehead atoms. The van der Waals surface area contributed by atoms with E-state index in [9.17, 15) is 4.39 Å². The molecular formula is C25H27BCl2FN5O2. The number of anilines is 2. The van der Waals surface area contributed by atoms with Crippen molar-refractivity contribution in [2.24, 2.45) is 0 Å². The minimum atomic E-state index is -0.682. The average molecular weight is 530 g/mol. The van der Waals surface area contributed by atoms with Crippen molar-refractivity contribution in [3.05, 3.63) is 58.1 Å². The van der Waals surface area contributed by atoms with Gasteiger partial charge in [0, 0.05) is 10.6 Å². The molecule has 1 unspecified atom stereocenters. The molecule has 2 N–H and O–H groups in total. The van der Waals surface area contributed by atoms with Gasteiger partial charge in [-0.05, 0) is 19.1 Å². The molecule has 7 nitrogen and oxygen atoms in total. The summed E-state index contributed by atoms with van der Waals surface area (Å²) >= 11 is 12.4. The van der Waals surface area contributed by atoms with E-state index in [4.69, 9.17) is 43.4 Å². The maximum atomic E-state index is 14.0. The number of ether oxygens (including phenoxy) is 2. The topological polar surface area (TPSA) is 76.7 Å². The van der Waals surface area contributed by atoms with E-state index in [1.807, 2.05) is 13.1 Å². The van der Waals surface area contributed by atoms with Crippen LogP contribution in [0.25, 0.3) is 11.1 Å². The molecule has 0 aliphatic carbocycles. The van der Waals surface area contributed by atoms with Gasteiger partial charge < -0.3 is 5.73 Å². The van der Waals surface area contributed by atoms with Crippen LogP contribution in [0.4, 0.5) is 16.0 Å². The second kappa shape index (κ2) is 10.9. The van der Waals surface area contributed by atoms with E-state index in [2.05, 4.69) is 28.1 Å². The number of rotatable bonds is 7. The molecule has 188 valence electrons. The van der Waals surface area contributed by atoms with Crippen molar-refractivity contribution in [2.45, 2.75) is 26.0 Å². The molecule has 3 aromatic rings. The van der Waals surface area contributed by atoms with Crippen molar-refractivity contribution in [1.29, 1.82) is 0 Å². The molecule has 0 amide bonds. The number of hydrogen-bond acceptors (Lipinski definition) is 7. The number of pyridine rings is 2. The quantitative estimate of drug-likeness (QED) is 0.345. The van der Waals surface area contributed by atoms with E-state index in [0.29, 0.717) is 27.6 Å². The zero-order valence-corrected chi connectivity index (χ0v) is 21.9. The molecule has 11 heteroatoms. The number of methoxy groups -OCH3 is 1. The Morgan fingerprint density at radius 3 is 2.67 bits per heavy atom. The van der Waals surface area contributed by atoms with E-state index >= 15 is 0 Å². The predicted molar refractivity (Wildman–Crippen MR) is 145 cm³/mol.